The van der Waals surface area contributed by atoms with E-state index in [4.69, 9.17) is 5.11 Å². The van der Waals surface area contributed by atoms with Crippen LogP contribution in [0.15, 0.2) is 11.8 Å². The fraction of sp³-hybridized carbons (Fsp3) is 0.200. The molecule has 1 aliphatic heterocycles. The van der Waals surface area contributed by atoms with Gasteiger partial charge in [0.1, 0.15) is 7.05 Å². The zero-order valence-electron chi connectivity index (χ0n) is 4.46. The van der Waals surface area contributed by atoms with Crippen molar-refractivity contribution in [1.29, 1.82) is 0 Å². The van der Waals surface area contributed by atoms with Crippen molar-refractivity contribution >= 4 is 12.2 Å². The van der Waals surface area contributed by atoms with Gasteiger partial charge in [-0.15, -0.1) is 0 Å². The maximum Gasteiger partial charge on any atom is 0.348 e. The Morgan fingerprint density at radius 3 is 2.50 bits per heavy atom. The third kappa shape index (κ3) is 0.621. The second-order valence-corrected chi connectivity index (χ2v) is 1.68. The number of carboxylic acids is 1. The summed E-state index contributed by atoms with van der Waals surface area (Å²) in [5.41, 5.74) is 0.368. The van der Waals surface area contributed by atoms with Crippen LogP contribution in [0.5, 0.6) is 0 Å². The van der Waals surface area contributed by atoms with Crippen LogP contribution >= 0.6 is 0 Å². The quantitative estimate of drug-likeness (QED) is 0.472. The predicted molar refractivity (Wildman–Crippen MR) is 28.0 cm³/mol. The van der Waals surface area contributed by atoms with E-state index in [2.05, 4.69) is 0 Å². The molecule has 3 heteroatoms. The van der Waals surface area contributed by atoms with Gasteiger partial charge in [-0.3, -0.25) is 0 Å². The Kier molecular flexibility index (Phi) is 0.901. The topological polar surface area (TPSA) is 40.3 Å². The molecule has 0 fully saturated rings. The van der Waals surface area contributed by atoms with Crippen LogP contribution in [0.3, 0.4) is 0 Å². The number of hydrogen-bond acceptors (Lipinski definition) is 1. The highest BCUT2D eigenvalue weighted by Crippen LogP contribution is 1.97. The molecule has 0 atom stereocenters. The molecule has 1 aliphatic rings. The fourth-order valence-electron chi connectivity index (χ4n) is 0.538. The van der Waals surface area contributed by atoms with E-state index in [0.717, 1.165) is 0 Å². The Balaban J connectivity index is 2.59. The molecule has 0 spiro atoms. The van der Waals surface area contributed by atoms with Crippen LogP contribution < -0.4 is 0 Å². The van der Waals surface area contributed by atoms with Crippen LogP contribution in [0.4, 0.5) is 0 Å². The van der Waals surface area contributed by atoms with Crippen molar-refractivity contribution in [2.75, 3.05) is 7.05 Å². The Morgan fingerprint density at radius 2 is 2.38 bits per heavy atom. The minimum Gasteiger partial charge on any atom is -0.477 e. The van der Waals surface area contributed by atoms with Crippen molar-refractivity contribution in [3.63, 3.8) is 0 Å². The van der Waals surface area contributed by atoms with Crippen molar-refractivity contribution in [2.45, 2.75) is 0 Å². The smallest absolute Gasteiger partial charge is 0.348 e. The molecule has 0 amide bonds. The van der Waals surface area contributed by atoms with Crippen molar-refractivity contribution in [2.24, 2.45) is 0 Å². The highest BCUT2D eigenvalue weighted by molar-refractivity contribution is 6.08. The van der Waals surface area contributed by atoms with Crippen LogP contribution in [0.1, 0.15) is 0 Å². The summed E-state index contributed by atoms with van der Waals surface area (Å²) in [7, 11) is 1.78. The third-order valence-corrected chi connectivity index (χ3v) is 0.932. The van der Waals surface area contributed by atoms with E-state index in [9.17, 15) is 4.79 Å². The average molecular weight is 112 g/mol. The van der Waals surface area contributed by atoms with Gasteiger partial charge in [-0.05, 0) is 0 Å². The van der Waals surface area contributed by atoms with E-state index in [1.807, 2.05) is 0 Å². The molecule has 3 nitrogen and oxygen atoms in total. The molecule has 0 radical (unpaired) electrons. The predicted octanol–water partition coefficient (Wildman–Crippen LogP) is -0.318. The molecule has 0 aliphatic carbocycles. The first-order valence-electron chi connectivity index (χ1n) is 2.22. The lowest BCUT2D eigenvalue weighted by Gasteiger charge is -1.97. The lowest BCUT2D eigenvalue weighted by molar-refractivity contribution is -0.428. The average Bonchev–Trinajstić information content (AvgIpc) is 1.57. The van der Waals surface area contributed by atoms with Gasteiger partial charge in [-0.1, -0.05) is 0 Å². The van der Waals surface area contributed by atoms with E-state index in [1.54, 1.807) is 24.0 Å². The van der Waals surface area contributed by atoms with Gasteiger partial charge in [0.05, 0.1) is 0 Å². The molecular weight excluding hydrogens is 106 g/mol. The van der Waals surface area contributed by atoms with Gasteiger partial charge in [0.25, 0.3) is 0 Å². The SMILES string of the molecule is C[N+]1=CC(C(=O)O)=C1. The second-order valence-electron chi connectivity index (χ2n) is 1.68. The third-order valence-electron chi connectivity index (χ3n) is 0.932. The molecule has 0 aromatic rings. The van der Waals surface area contributed by atoms with E-state index in [0.29, 0.717) is 5.57 Å². The van der Waals surface area contributed by atoms with E-state index >= 15 is 0 Å². The van der Waals surface area contributed by atoms with Gasteiger partial charge in [0, 0.05) is 0 Å². The first kappa shape index (κ1) is 5.03. The summed E-state index contributed by atoms with van der Waals surface area (Å²) >= 11 is 0. The minimum atomic E-state index is -0.858. The molecule has 1 heterocycles. The van der Waals surface area contributed by atoms with Crippen molar-refractivity contribution in [3.05, 3.63) is 11.8 Å². The van der Waals surface area contributed by atoms with Gasteiger partial charge in [0.2, 0.25) is 0 Å². The summed E-state index contributed by atoms with van der Waals surface area (Å²) in [6.45, 7) is 0. The van der Waals surface area contributed by atoms with Crippen LogP contribution in [0.2, 0.25) is 0 Å². The molecule has 0 saturated carbocycles. The van der Waals surface area contributed by atoms with Crippen molar-refractivity contribution in [1.82, 2.24) is 0 Å². The standard InChI is InChI=1S/C5H5NO2/c1-6-2-4(3-6)5(7)8/h2-3H,1H3/p+1. The number of hydrogen-bond donors (Lipinski definition) is 1. The summed E-state index contributed by atoms with van der Waals surface area (Å²) in [4.78, 5) is 10.0. The lowest BCUT2D eigenvalue weighted by atomic mass is 10.2. The van der Waals surface area contributed by atoms with Gasteiger partial charge in [0.15, 0.2) is 18.0 Å². The van der Waals surface area contributed by atoms with Crippen molar-refractivity contribution < 1.29 is 14.5 Å². The number of nitrogens with zero attached hydrogens (tertiary/aromatic N) is 1. The summed E-state index contributed by atoms with van der Waals surface area (Å²) in [5.74, 6) is -0.858. The van der Waals surface area contributed by atoms with E-state index < -0.39 is 5.97 Å². The molecule has 42 valence electrons. The molecule has 0 unspecified atom stereocenters. The van der Waals surface area contributed by atoms with Gasteiger partial charge in [-0.25, -0.2) is 9.37 Å². The molecule has 8 heavy (non-hydrogen) atoms. The molecule has 0 bridgehead atoms. The zero-order valence-corrected chi connectivity index (χ0v) is 4.46. The summed E-state index contributed by atoms with van der Waals surface area (Å²) < 4.78 is 1.70. The highest BCUT2D eigenvalue weighted by Gasteiger charge is 2.18. The van der Waals surface area contributed by atoms with Gasteiger partial charge >= 0.3 is 5.97 Å². The summed E-state index contributed by atoms with van der Waals surface area (Å²) in [6.07, 6.45) is 3.12. The first-order chi connectivity index (χ1) is 3.70. The first-order valence-corrected chi connectivity index (χ1v) is 2.22. The number of aliphatic carboxylic acids is 1. The highest BCUT2D eigenvalue weighted by atomic mass is 16.4. The number of carboxylic acid groups (broad SMARTS) is 1. The van der Waals surface area contributed by atoms with E-state index in [1.165, 1.54) is 0 Å². The van der Waals surface area contributed by atoms with E-state index in [-0.39, 0.29) is 0 Å². The number of carbonyl (C=O) groups is 1. The zero-order chi connectivity index (χ0) is 6.15. The summed E-state index contributed by atoms with van der Waals surface area (Å²) in [5, 5.41) is 8.22. The maximum atomic E-state index is 10.0. The summed E-state index contributed by atoms with van der Waals surface area (Å²) in [6, 6.07) is 0. The van der Waals surface area contributed by atoms with Crippen LogP contribution in [-0.4, -0.2) is 28.9 Å². The molecular formula is C5H6NO2+. The molecule has 1 rings (SSSR count). The van der Waals surface area contributed by atoms with Gasteiger partial charge in [-0.2, -0.15) is 0 Å². The maximum absolute atomic E-state index is 10.0. The van der Waals surface area contributed by atoms with Crippen molar-refractivity contribution in [3.8, 4) is 0 Å². The normalized spacial score (nSPS) is 16.1. The van der Waals surface area contributed by atoms with Crippen LogP contribution in [0, 0.1) is 0 Å². The van der Waals surface area contributed by atoms with Crippen LogP contribution in [-0.2, 0) is 4.79 Å². The Labute approximate surface area is 46.6 Å². The fourth-order valence-corrected chi connectivity index (χ4v) is 0.538. The van der Waals surface area contributed by atoms with Crippen LogP contribution in [0.25, 0.3) is 0 Å². The molecule has 0 aromatic carbocycles. The second kappa shape index (κ2) is 1.43. The molecule has 0 aromatic heterocycles. The molecule has 0 saturated heterocycles. The molecule has 1 N–H and O–H groups in total. The lowest BCUT2D eigenvalue weighted by Crippen LogP contribution is -2.18. The Morgan fingerprint density at radius 1 is 1.88 bits per heavy atom. The Bertz CT molecular complexity index is 191. The number of rotatable bonds is 1. The monoisotopic (exact) mass is 112 g/mol. The van der Waals surface area contributed by atoms with Gasteiger partial charge < -0.3 is 5.11 Å². The largest absolute Gasteiger partial charge is 0.477 e. The minimum absolute atomic E-state index is 0.368. The Hall–Kier alpha value is -1.12.